The first-order valence-corrected chi connectivity index (χ1v) is 5.51. The molecule has 0 aromatic rings. The highest BCUT2D eigenvalue weighted by atomic mass is 16.1. The summed E-state index contributed by atoms with van der Waals surface area (Å²) in [6, 6.07) is 0. The molecule has 78 valence electrons. The van der Waals surface area contributed by atoms with Crippen molar-refractivity contribution in [2.75, 3.05) is 0 Å². The van der Waals surface area contributed by atoms with Crippen LogP contribution < -0.4 is 0 Å². The average molecular weight is 184 g/mol. The molecule has 0 heterocycles. The van der Waals surface area contributed by atoms with Crippen molar-refractivity contribution in [1.29, 1.82) is 0 Å². The minimum atomic E-state index is 0.299. The highest BCUT2D eigenvalue weighted by Gasteiger charge is 2.21. The molecule has 1 heteroatoms. The highest BCUT2D eigenvalue weighted by Crippen LogP contribution is 2.21. The van der Waals surface area contributed by atoms with Crippen molar-refractivity contribution in [3.63, 3.8) is 0 Å². The van der Waals surface area contributed by atoms with Crippen molar-refractivity contribution >= 4 is 5.78 Å². The van der Waals surface area contributed by atoms with Gasteiger partial charge in [0.25, 0.3) is 0 Å². The van der Waals surface area contributed by atoms with Crippen LogP contribution >= 0.6 is 0 Å². The second-order valence-corrected chi connectivity index (χ2v) is 4.70. The van der Waals surface area contributed by atoms with E-state index in [4.69, 9.17) is 0 Å². The zero-order chi connectivity index (χ0) is 10.4. The minimum absolute atomic E-state index is 0.299. The number of hydrogen-bond acceptors (Lipinski definition) is 1. The molecule has 0 fully saturated rings. The van der Waals surface area contributed by atoms with Crippen LogP contribution in [0.4, 0.5) is 0 Å². The quantitative estimate of drug-likeness (QED) is 0.615. The lowest BCUT2D eigenvalue weighted by molar-refractivity contribution is -0.125. The zero-order valence-electron chi connectivity index (χ0n) is 9.76. The van der Waals surface area contributed by atoms with E-state index in [1.54, 1.807) is 0 Å². The van der Waals surface area contributed by atoms with E-state index in [-0.39, 0.29) is 0 Å². The summed E-state index contributed by atoms with van der Waals surface area (Å²) in [4.78, 5) is 11.8. The van der Waals surface area contributed by atoms with Crippen LogP contribution in [0.15, 0.2) is 0 Å². The maximum absolute atomic E-state index is 11.8. The van der Waals surface area contributed by atoms with E-state index in [0.29, 0.717) is 23.5 Å². The van der Waals surface area contributed by atoms with Gasteiger partial charge in [-0.2, -0.15) is 0 Å². The van der Waals surface area contributed by atoms with Gasteiger partial charge in [0.05, 0.1) is 0 Å². The third kappa shape index (κ3) is 5.07. The normalized spacial score (nSPS) is 13.8. The lowest BCUT2D eigenvalue weighted by Crippen LogP contribution is -2.21. The summed E-state index contributed by atoms with van der Waals surface area (Å²) >= 11 is 0. The van der Waals surface area contributed by atoms with Gasteiger partial charge < -0.3 is 0 Å². The first-order valence-electron chi connectivity index (χ1n) is 5.51. The van der Waals surface area contributed by atoms with E-state index in [2.05, 4.69) is 34.6 Å². The Labute approximate surface area is 82.9 Å². The number of carbonyl (C=O) groups excluding carboxylic acids is 1. The Hall–Kier alpha value is -0.330. The lowest BCUT2D eigenvalue weighted by Gasteiger charge is -2.19. The minimum Gasteiger partial charge on any atom is -0.299 e. The number of hydrogen-bond donors (Lipinski definition) is 0. The van der Waals surface area contributed by atoms with Crippen LogP contribution in [0.2, 0.25) is 0 Å². The van der Waals surface area contributed by atoms with Crippen molar-refractivity contribution in [3.05, 3.63) is 0 Å². The molecule has 1 unspecified atom stereocenters. The van der Waals surface area contributed by atoms with E-state index >= 15 is 0 Å². The van der Waals surface area contributed by atoms with Crippen molar-refractivity contribution in [2.24, 2.45) is 17.8 Å². The Morgan fingerprint density at radius 1 is 1.15 bits per heavy atom. The summed E-state index contributed by atoms with van der Waals surface area (Å²) in [6.45, 7) is 10.7. The molecular formula is C12H24O. The largest absolute Gasteiger partial charge is 0.299 e. The van der Waals surface area contributed by atoms with Crippen molar-refractivity contribution < 1.29 is 4.79 Å². The molecule has 0 saturated heterocycles. The predicted molar refractivity (Wildman–Crippen MR) is 57.7 cm³/mol. The van der Waals surface area contributed by atoms with Crippen molar-refractivity contribution in [2.45, 2.75) is 53.9 Å². The molecule has 0 spiro atoms. The molecule has 0 aromatic carbocycles. The Morgan fingerprint density at radius 3 is 2.00 bits per heavy atom. The summed E-state index contributed by atoms with van der Waals surface area (Å²) in [5, 5.41) is 0. The van der Waals surface area contributed by atoms with Crippen LogP contribution in [-0.2, 0) is 4.79 Å². The van der Waals surface area contributed by atoms with Crippen LogP contribution in [0.3, 0.4) is 0 Å². The van der Waals surface area contributed by atoms with Crippen molar-refractivity contribution in [3.8, 4) is 0 Å². The lowest BCUT2D eigenvalue weighted by atomic mass is 9.84. The van der Waals surface area contributed by atoms with Gasteiger partial charge in [-0.1, -0.05) is 41.0 Å². The van der Waals surface area contributed by atoms with Crippen LogP contribution in [0.5, 0.6) is 0 Å². The zero-order valence-corrected chi connectivity index (χ0v) is 9.76. The Bertz CT molecular complexity index is 147. The van der Waals surface area contributed by atoms with Crippen LogP contribution in [0.1, 0.15) is 53.9 Å². The van der Waals surface area contributed by atoms with Gasteiger partial charge in [0.1, 0.15) is 5.78 Å². The predicted octanol–water partition coefficient (Wildman–Crippen LogP) is 3.67. The van der Waals surface area contributed by atoms with Crippen LogP contribution in [0.25, 0.3) is 0 Å². The average Bonchev–Trinajstić information content (AvgIpc) is 1.97. The number of ketones is 1. The van der Waals surface area contributed by atoms with E-state index in [0.717, 1.165) is 19.3 Å². The number of Topliss-reactive ketones (excluding diaryl/α,β-unsaturated/α-hetero) is 1. The van der Waals surface area contributed by atoms with Gasteiger partial charge in [-0.25, -0.2) is 0 Å². The molecule has 0 bridgehead atoms. The monoisotopic (exact) mass is 184 g/mol. The molecule has 13 heavy (non-hydrogen) atoms. The first-order chi connectivity index (χ1) is 5.99. The highest BCUT2D eigenvalue weighted by molar-refractivity contribution is 5.81. The van der Waals surface area contributed by atoms with Gasteiger partial charge in [-0.05, 0) is 18.3 Å². The van der Waals surface area contributed by atoms with Crippen molar-refractivity contribution in [1.82, 2.24) is 0 Å². The molecular weight excluding hydrogens is 160 g/mol. The van der Waals surface area contributed by atoms with Gasteiger partial charge in [-0.3, -0.25) is 4.79 Å². The van der Waals surface area contributed by atoms with E-state index in [1.165, 1.54) is 0 Å². The SMILES string of the molecule is CCCC(C(=O)CC(C)C)C(C)C. The van der Waals surface area contributed by atoms with Gasteiger partial charge in [0, 0.05) is 12.3 Å². The Balaban J connectivity index is 4.11. The fourth-order valence-corrected chi connectivity index (χ4v) is 1.73. The molecule has 0 aliphatic heterocycles. The number of carbonyl (C=O) groups is 1. The first kappa shape index (κ1) is 12.7. The summed E-state index contributed by atoms with van der Waals surface area (Å²) in [6.07, 6.45) is 2.93. The summed E-state index contributed by atoms with van der Waals surface area (Å²) in [5.74, 6) is 1.77. The van der Waals surface area contributed by atoms with Gasteiger partial charge in [0.2, 0.25) is 0 Å². The second kappa shape index (κ2) is 6.17. The smallest absolute Gasteiger partial charge is 0.136 e. The Morgan fingerprint density at radius 2 is 1.69 bits per heavy atom. The van der Waals surface area contributed by atoms with Gasteiger partial charge in [0.15, 0.2) is 0 Å². The summed E-state index contributed by atoms with van der Waals surface area (Å²) in [7, 11) is 0. The molecule has 0 amide bonds. The van der Waals surface area contributed by atoms with E-state index in [9.17, 15) is 4.79 Å². The molecule has 0 aliphatic carbocycles. The topological polar surface area (TPSA) is 17.1 Å². The third-order valence-electron chi connectivity index (χ3n) is 2.43. The molecule has 0 radical (unpaired) electrons. The second-order valence-electron chi connectivity index (χ2n) is 4.70. The standard InChI is InChI=1S/C12H24O/c1-6-7-11(10(4)5)12(13)8-9(2)3/h9-11H,6-8H2,1-5H3. The van der Waals surface area contributed by atoms with E-state index in [1.807, 2.05) is 0 Å². The van der Waals surface area contributed by atoms with Crippen LogP contribution in [-0.4, -0.2) is 5.78 Å². The molecule has 0 aliphatic rings. The molecule has 0 N–H and O–H groups in total. The molecule has 0 aromatic heterocycles. The maximum atomic E-state index is 11.8. The Kier molecular flexibility index (Phi) is 6.02. The van der Waals surface area contributed by atoms with Gasteiger partial charge >= 0.3 is 0 Å². The number of rotatable bonds is 6. The van der Waals surface area contributed by atoms with Crippen LogP contribution in [0, 0.1) is 17.8 Å². The molecule has 1 nitrogen and oxygen atoms in total. The molecule has 0 saturated carbocycles. The fraction of sp³-hybridized carbons (Fsp3) is 0.917. The fourth-order valence-electron chi connectivity index (χ4n) is 1.73. The van der Waals surface area contributed by atoms with E-state index < -0.39 is 0 Å². The summed E-state index contributed by atoms with van der Waals surface area (Å²) in [5.41, 5.74) is 0. The molecule has 0 rings (SSSR count). The van der Waals surface area contributed by atoms with Gasteiger partial charge in [-0.15, -0.1) is 0 Å². The third-order valence-corrected chi connectivity index (χ3v) is 2.43. The summed E-state index contributed by atoms with van der Waals surface area (Å²) < 4.78 is 0. The molecule has 1 atom stereocenters. The maximum Gasteiger partial charge on any atom is 0.136 e.